The molecule has 0 amide bonds. The molecule has 2 nitrogen and oxygen atoms in total. The molecule has 98 valence electrons. The molecule has 0 aliphatic carbocycles. The summed E-state index contributed by atoms with van der Waals surface area (Å²) in [7, 11) is 0. The van der Waals surface area contributed by atoms with Gasteiger partial charge in [-0.2, -0.15) is 18.4 Å². The van der Waals surface area contributed by atoms with Crippen LogP contribution in [0.15, 0.2) is 24.3 Å². The maximum Gasteiger partial charge on any atom is 0.416 e. The van der Waals surface area contributed by atoms with E-state index in [1.54, 1.807) is 19.9 Å². The Bertz CT molecular complexity index is 435. The Morgan fingerprint density at radius 3 is 2.44 bits per heavy atom. The summed E-state index contributed by atoms with van der Waals surface area (Å²) in [6, 6.07) is 7.26. The second-order valence-electron chi connectivity index (χ2n) is 4.20. The van der Waals surface area contributed by atoms with E-state index in [1.165, 1.54) is 12.1 Å². The van der Waals surface area contributed by atoms with Crippen LogP contribution in [-0.4, -0.2) is 12.6 Å². The van der Waals surface area contributed by atoms with Crippen molar-refractivity contribution < 1.29 is 13.2 Å². The summed E-state index contributed by atoms with van der Waals surface area (Å²) in [6.45, 7) is 3.62. The molecule has 0 bridgehead atoms. The molecule has 1 rings (SSSR count). The van der Waals surface area contributed by atoms with Gasteiger partial charge >= 0.3 is 6.18 Å². The van der Waals surface area contributed by atoms with E-state index in [4.69, 9.17) is 5.26 Å². The first-order valence-electron chi connectivity index (χ1n) is 5.64. The van der Waals surface area contributed by atoms with Crippen LogP contribution in [0.1, 0.15) is 30.9 Å². The Kier molecular flexibility index (Phi) is 4.74. The molecule has 0 aliphatic heterocycles. The molecule has 0 radical (unpaired) electrons. The van der Waals surface area contributed by atoms with E-state index in [0.29, 0.717) is 0 Å². The van der Waals surface area contributed by atoms with Crippen LogP contribution in [0.5, 0.6) is 0 Å². The highest BCUT2D eigenvalue weighted by Crippen LogP contribution is 2.35. The second-order valence-corrected chi connectivity index (χ2v) is 4.20. The fourth-order valence-corrected chi connectivity index (χ4v) is 1.80. The molecule has 0 unspecified atom stereocenters. The van der Waals surface area contributed by atoms with Gasteiger partial charge in [0.05, 0.1) is 18.2 Å². The molecule has 0 aliphatic rings. The van der Waals surface area contributed by atoms with Gasteiger partial charge in [-0.15, -0.1) is 0 Å². The maximum atomic E-state index is 12.9. The molecule has 0 aromatic heterocycles. The number of hydrogen-bond donors (Lipinski definition) is 1. The quantitative estimate of drug-likeness (QED) is 0.839. The summed E-state index contributed by atoms with van der Waals surface area (Å²) >= 11 is 0. The highest BCUT2D eigenvalue weighted by molar-refractivity contribution is 5.33. The van der Waals surface area contributed by atoms with Crippen LogP contribution in [0, 0.1) is 11.3 Å². The van der Waals surface area contributed by atoms with Crippen LogP contribution in [0.2, 0.25) is 0 Å². The van der Waals surface area contributed by atoms with Crippen LogP contribution in [0.4, 0.5) is 13.2 Å². The third kappa shape index (κ3) is 3.47. The van der Waals surface area contributed by atoms with Gasteiger partial charge in [0.25, 0.3) is 0 Å². The van der Waals surface area contributed by atoms with Crippen LogP contribution < -0.4 is 5.32 Å². The molecular formula is C13H15F3N2. The van der Waals surface area contributed by atoms with Gasteiger partial charge in [0.1, 0.15) is 0 Å². The first kappa shape index (κ1) is 14.5. The highest BCUT2D eigenvalue weighted by atomic mass is 19.4. The van der Waals surface area contributed by atoms with Gasteiger partial charge in [-0.3, -0.25) is 0 Å². The molecule has 1 N–H and O–H groups in total. The van der Waals surface area contributed by atoms with Gasteiger partial charge in [0.2, 0.25) is 0 Å². The zero-order chi connectivity index (χ0) is 13.8. The summed E-state index contributed by atoms with van der Waals surface area (Å²) in [6.07, 6.45) is -4.35. The van der Waals surface area contributed by atoms with Crippen molar-refractivity contribution in [1.82, 2.24) is 5.32 Å². The van der Waals surface area contributed by atoms with Crippen molar-refractivity contribution in [2.24, 2.45) is 0 Å². The van der Waals surface area contributed by atoms with Crippen molar-refractivity contribution in [1.29, 1.82) is 5.26 Å². The molecule has 5 heteroatoms. The lowest BCUT2D eigenvalue weighted by molar-refractivity contribution is -0.138. The number of nitrogens with zero attached hydrogens (tertiary/aromatic N) is 1. The largest absolute Gasteiger partial charge is 0.416 e. The molecule has 0 fully saturated rings. The summed E-state index contributed by atoms with van der Waals surface area (Å²) in [4.78, 5) is 0. The monoisotopic (exact) mass is 256 g/mol. The average Bonchev–Trinajstić information content (AvgIpc) is 2.34. The van der Waals surface area contributed by atoms with E-state index >= 15 is 0 Å². The number of nitrogens with one attached hydrogen (secondary N) is 1. The van der Waals surface area contributed by atoms with Crippen molar-refractivity contribution in [3.05, 3.63) is 35.4 Å². The van der Waals surface area contributed by atoms with Crippen molar-refractivity contribution in [2.45, 2.75) is 32.0 Å². The fourth-order valence-electron chi connectivity index (χ4n) is 1.80. The number of rotatable bonds is 4. The van der Waals surface area contributed by atoms with Gasteiger partial charge < -0.3 is 5.32 Å². The molecule has 2 atom stereocenters. The lowest BCUT2D eigenvalue weighted by Crippen LogP contribution is -2.32. The van der Waals surface area contributed by atoms with Crippen LogP contribution in [0.25, 0.3) is 0 Å². The van der Waals surface area contributed by atoms with Crippen molar-refractivity contribution in [2.75, 3.05) is 6.54 Å². The zero-order valence-corrected chi connectivity index (χ0v) is 10.3. The summed E-state index contributed by atoms with van der Waals surface area (Å²) in [5.74, 6) is -0.323. The molecule has 1 aromatic carbocycles. The van der Waals surface area contributed by atoms with Crippen molar-refractivity contribution in [3.8, 4) is 6.07 Å². The molecule has 0 spiro atoms. The predicted octanol–water partition coefficient (Wildman–Crippen LogP) is 3.31. The first-order chi connectivity index (χ1) is 8.38. The minimum absolute atomic E-state index is 0.125. The van der Waals surface area contributed by atoms with E-state index in [-0.39, 0.29) is 24.1 Å². The van der Waals surface area contributed by atoms with Gasteiger partial charge in [-0.1, -0.05) is 25.1 Å². The van der Waals surface area contributed by atoms with E-state index < -0.39 is 11.7 Å². The Morgan fingerprint density at radius 1 is 1.28 bits per heavy atom. The topological polar surface area (TPSA) is 35.8 Å². The van der Waals surface area contributed by atoms with E-state index in [2.05, 4.69) is 5.32 Å². The average molecular weight is 256 g/mol. The smallest absolute Gasteiger partial charge is 0.301 e. The second kappa shape index (κ2) is 5.87. The summed E-state index contributed by atoms with van der Waals surface area (Å²) in [5, 5.41) is 11.3. The van der Waals surface area contributed by atoms with E-state index in [0.717, 1.165) is 6.07 Å². The van der Waals surface area contributed by atoms with Gasteiger partial charge in [-0.25, -0.2) is 0 Å². The van der Waals surface area contributed by atoms with Gasteiger partial charge in [0.15, 0.2) is 0 Å². The Hall–Kier alpha value is -1.54. The van der Waals surface area contributed by atoms with Crippen LogP contribution in [-0.2, 0) is 6.18 Å². The summed E-state index contributed by atoms with van der Waals surface area (Å²) in [5.41, 5.74) is -0.356. The molecule has 0 saturated carbocycles. The van der Waals surface area contributed by atoms with Crippen molar-refractivity contribution >= 4 is 0 Å². The third-order valence-corrected chi connectivity index (χ3v) is 3.01. The lowest BCUT2D eigenvalue weighted by atomic mass is 9.90. The van der Waals surface area contributed by atoms with E-state index in [1.807, 2.05) is 6.07 Å². The van der Waals surface area contributed by atoms with E-state index in [9.17, 15) is 13.2 Å². The Balaban J connectivity index is 2.99. The standard InChI is InChI=1S/C13H15F3N2/c1-9(10(2)18-8-7-17)11-5-3-4-6-12(11)13(14,15)16/h3-6,9-10,18H,8H2,1-2H3/t9-,10-/m0/s1. The zero-order valence-electron chi connectivity index (χ0n) is 10.3. The lowest BCUT2D eigenvalue weighted by Gasteiger charge is -2.23. The molecule has 0 saturated heterocycles. The normalized spacial score (nSPS) is 14.9. The Labute approximate surface area is 104 Å². The number of benzene rings is 1. The molecule has 18 heavy (non-hydrogen) atoms. The molecule has 1 aromatic rings. The van der Waals surface area contributed by atoms with Crippen LogP contribution >= 0.6 is 0 Å². The molecular weight excluding hydrogens is 241 g/mol. The number of hydrogen-bond acceptors (Lipinski definition) is 2. The predicted molar refractivity (Wildman–Crippen MR) is 62.9 cm³/mol. The maximum absolute atomic E-state index is 12.9. The van der Waals surface area contributed by atoms with Crippen LogP contribution in [0.3, 0.4) is 0 Å². The summed E-state index contributed by atoms with van der Waals surface area (Å²) < 4.78 is 38.6. The van der Waals surface area contributed by atoms with Crippen molar-refractivity contribution in [3.63, 3.8) is 0 Å². The minimum Gasteiger partial charge on any atom is -0.301 e. The highest BCUT2D eigenvalue weighted by Gasteiger charge is 2.34. The Morgan fingerprint density at radius 2 is 1.89 bits per heavy atom. The van der Waals surface area contributed by atoms with Gasteiger partial charge in [0, 0.05) is 6.04 Å². The van der Waals surface area contributed by atoms with Gasteiger partial charge in [-0.05, 0) is 24.5 Å². The first-order valence-corrected chi connectivity index (χ1v) is 5.64. The molecule has 0 heterocycles. The number of nitriles is 1. The number of halogens is 3. The minimum atomic E-state index is -4.35. The third-order valence-electron chi connectivity index (χ3n) is 3.01. The SMILES string of the molecule is C[C@H](NCC#N)[C@H](C)c1ccccc1C(F)(F)F. The number of alkyl halides is 3. The fraction of sp³-hybridized carbons (Fsp3) is 0.462.